The van der Waals surface area contributed by atoms with Crippen molar-refractivity contribution in [2.24, 2.45) is 0 Å². The monoisotopic (exact) mass is 283 g/mol. The summed E-state index contributed by atoms with van der Waals surface area (Å²) < 4.78 is 1.26. The van der Waals surface area contributed by atoms with E-state index in [1.165, 1.54) is 34.9 Å². The third-order valence-electron chi connectivity index (χ3n) is 2.82. The predicted octanol–water partition coefficient (Wildman–Crippen LogP) is 4.60. The van der Waals surface area contributed by atoms with E-state index in [0.29, 0.717) is 6.04 Å². The molecule has 0 aliphatic heterocycles. The second-order valence-electron chi connectivity index (χ2n) is 4.27. The Bertz CT molecular complexity index is 323. The first-order valence-electron chi connectivity index (χ1n) is 6.19. The van der Waals surface area contributed by atoms with Crippen LogP contribution in [0.4, 0.5) is 0 Å². The number of halogens is 1. The van der Waals surface area contributed by atoms with Crippen molar-refractivity contribution in [2.75, 3.05) is 6.54 Å². The van der Waals surface area contributed by atoms with Crippen molar-refractivity contribution in [3.63, 3.8) is 0 Å². The summed E-state index contributed by atoms with van der Waals surface area (Å²) in [5, 5.41) is 3.62. The van der Waals surface area contributed by atoms with Crippen molar-refractivity contribution in [1.29, 1.82) is 0 Å². The third-order valence-corrected chi connectivity index (χ3v) is 3.90. The smallest absolute Gasteiger partial charge is 0.0331 e. The van der Waals surface area contributed by atoms with Crippen LogP contribution in [-0.2, 0) is 0 Å². The standard InChI is InChI=1S/C14H22BrN/c1-4-7-13(16-10-5-2)12-9-6-8-11(3)14(12)15/h6,8-9,13,16H,4-5,7,10H2,1-3H3. The summed E-state index contributed by atoms with van der Waals surface area (Å²) in [5.41, 5.74) is 2.72. The van der Waals surface area contributed by atoms with Crippen LogP contribution in [0.15, 0.2) is 22.7 Å². The summed E-state index contributed by atoms with van der Waals surface area (Å²) in [6, 6.07) is 7.00. The Hall–Kier alpha value is -0.340. The molecule has 0 amide bonds. The van der Waals surface area contributed by atoms with Crippen LogP contribution in [0.25, 0.3) is 0 Å². The lowest BCUT2D eigenvalue weighted by molar-refractivity contribution is 0.492. The quantitative estimate of drug-likeness (QED) is 0.805. The van der Waals surface area contributed by atoms with E-state index >= 15 is 0 Å². The maximum atomic E-state index is 3.70. The molecule has 16 heavy (non-hydrogen) atoms. The number of benzene rings is 1. The van der Waals surface area contributed by atoms with E-state index < -0.39 is 0 Å². The largest absolute Gasteiger partial charge is 0.310 e. The van der Waals surface area contributed by atoms with Crippen LogP contribution in [0, 0.1) is 6.92 Å². The molecule has 0 aliphatic carbocycles. The van der Waals surface area contributed by atoms with Crippen molar-refractivity contribution in [3.05, 3.63) is 33.8 Å². The molecule has 0 aromatic heterocycles. The molecule has 1 N–H and O–H groups in total. The molecule has 1 unspecified atom stereocenters. The minimum Gasteiger partial charge on any atom is -0.310 e. The van der Waals surface area contributed by atoms with Crippen molar-refractivity contribution in [1.82, 2.24) is 5.32 Å². The van der Waals surface area contributed by atoms with E-state index in [1.807, 2.05) is 0 Å². The Labute approximate surface area is 108 Å². The Balaban J connectivity index is 2.86. The Morgan fingerprint density at radius 1 is 1.25 bits per heavy atom. The first-order chi connectivity index (χ1) is 7.70. The average molecular weight is 284 g/mol. The van der Waals surface area contributed by atoms with Gasteiger partial charge in [0, 0.05) is 10.5 Å². The van der Waals surface area contributed by atoms with Crippen LogP contribution in [0.5, 0.6) is 0 Å². The summed E-state index contributed by atoms with van der Waals surface area (Å²) in [6.07, 6.45) is 3.59. The lowest BCUT2D eigenvalue weighted by atomic mass is 10.0. The molecule has 1 aromatic carbocycles. The first-order valence-corrected chi connectivity index (χ1v) is 6.98. The first kappa shape index (κ1) is 13.7. The van der Waals surface area contributed by atoms with Gasteiger partial charge >= 0.3 is 0 Å². The average Bonchev–Trinajstić information content (AvgIpc) is 2.28. The second-order valence-corrected chi connectivity index (χ2v) is 5.07. The van der Waals surface area contributed by atoms with Gasteiger partial charge in [0.25, 0.3) is 0 Å². The summed E-state index contributed by atoms with van der Waals surface area (Å²) >= 11 is 3.70. The van der Waals surface area contributed by atoms with Gasteiger partial charge in [-0.25, -0.2) is 0 Å². The Morgan fingerprint density at radius 2 is 2.00 bits per heavy atom. The van der Waals surface area contributed by atoms with Gasteiger partial charge in [-0.3, -0.25) is 0 Å². The molecule has 1 atom stereocenters. The molecule has 90 valence electrons. The van der Waals surface area contributed by atoms with Gasteiger partial charge in [-0.2, -0.15) is 0 Å². The number of aryl methyl sites for hydroxylation is 1. The van der Waals surface area contributed by atoms with Crippen LogP contribution in [0.1, 0.15) is 50.3 Å². The molecule has 0 bridgehead atoms. The van der Waals surface area contributed by atoms with E-state index in [2.05, 4.69) is 60.2 Å². The van der Waals surface area contributed by atoms with Gasteiger partial charge in [-0.05, 0) is 37.4 Å². The summed E-state index contributed by atoms with van der Waals surface area (Å²) in [6.45, 7) is 7.69. The van der Waals surface area contributed by atoms with Crippen LogP contribution < -0.4 is 5.32 Å². The highest BCUT2D eigenvalue weighted by atomic mass is 79.9. The minimum absolute atomic E-state index is 0.485. The minimum atomic E-state index is 0.485. The maximum absolute atomic E-state index is 3.70. The zero-order valence-electron chi connectivity index (χ0n) is 10.5. The van der Waals surface area contributed by atoms with Gasteiger partial charge in [0.15, 0.2) is 0 Å². The normalized spacial score (nSPS) is 12.8. The van der Waals surface area contributed by atoms with Crippen molar-refractivity contribution in [3.8, 4) is 0 Å². The topological polar surface area (TPSA) is 12.0 Å². The van der Waals surface area contributed by atoms with Crippen LogP contribution in [0.3, 0.4) is 0 Å². The number of nitrogens with one attached hydrogen (secondary N) is 1. The molecule has 0 heterocycles. The molecule has 0 saturated heterocycles. The highest BCUT2D eigenvalue weighted by Gasteiger charge is 2.13. The van der Waals surface area contributed by atoms with Crippen molar-refractivity contribution in [2.45, 2.75) is 46.1 Å². The number of rotatable bonds is 6. The summed E-state index contributed by atoms with van der Waals surface area (Å²) in [7, 11) is 0. The summed E-state index contributed by atoms with van der Waals surface area (Å²) in [4.78, 5) is 0. The molecular weight excluding hydrogens is 262 g/mol. The molecule has 0 saturated carbocycles. The van der Waals surface area contributed by atoms with E-state index in [4.69, 9.17) is 0 Å². The maximum Gasteiger partial charge on any atom is 0.0331 e. The number of hydrogen-bond donors (Lipinski definition) is 1. The molecule has 2 heteroatoms. The second kappa shape index (κ2) is 7.08. The molecule has 0 aliphatic rings. The van der Waals surface area contributed by atoms with Gasteiger partial charge < -0.3 is 5.32 Å². The highest BCUT2D eigenvalue weighted by molar-refractivity contribution is 9.10. The van der Waals surface area contributed by atoms with Gasteiger partial charge in [0.1, 0.15) is 0 Å². The van der Waals surface area contributed by atoms with Gasteiger partial charge in [-0.15, -0.1) is 0 Å². The van der Waals surface area contributed by atoms with E-state index in [1.54, 1.807) is 0 Å². The van der Waals surface area contributed by atoms with Gasteiger partial charge in [0.05, 0.1) is 0 Å². The lowest BCUT2D eigenvalue weighted by Gasteiger charge is -2.20. The molecule has 1 rings (SSSR count). The van der Waals surface area contributed by atoms with Crippen LogP contribution in [-0.4, -0.2) is 6.54 Å². The van der Waals surface area contributed by atoms with Crippen LogP contribution >= 0.6 is 15.9 Å². The zero-order valence-corrected chi connectivity index (χ0v) is 12.1. The molecule has 0 spiro atoms. The molecule has 1 aromatic rings. The number of hydrogen-bond acceptors (Lipinski definition) is 1. The Morgan fingerprint density at radius 3 is 2.62 bits per heavy atom. The lowest BCUT2D eigenvalue weighted by Crippen LogP contribution is -2.22. The van der Waals surface area contributed by atoms with Crippen molar-refractivity contribution >= 4 is 15.9 Å². The molecular formula is C14H22BrN. The Kier molecular flexibility index (Phi) is 6.07. The van der Waals surface area contributed by atoms with Gasteiger partial charge in [-0.1, -0.05) is 54.4 Å². The van der Waals surface area contributed by atoms with Crippen molar-refractivity contribution < 1.29 is 0 Å². The molecule has 1 nitrogen and oxygen atoms in total. The fourth-order valence-corrected chi connectivity index (χ4v) is 2.45. The summed E-state index contributed by atoms with van der Waals surface area (Å²) in [5.74, 6) is 0. The molecule has 0 fully saturated rings. The van der Waals surface area contributed by atoms with Gasteiger partial charge in [0.2, 0.25) is 0 Å². The van der Waals surface area contributed by atoms with E-state index in [0.717, 1.165) is 6.54 Å². The fraction of sp³-hybridized carbons (Fsp3) is 0.571. The van der Waals surface area contributed by atoms with E-state index in [9.17, 15) is 0 Å². The van der Waals surface area contributed by atoms with Crippen LogP contribution in [0.2, 0.25) is 0 Å². The van der Waals surface area contributed by atoms with E-state index in [-0.39, 0.29) is 0 Å². The predicted molar refractivity (Wildman–Crippen MR) is 74.8 cm³/mol. The fourth-order valence-electron chi connectivity index (χ4n) is 1.91. The SMILES string of the molecule is CCCNC(CCC)c1cccc(C)c1Br. The highest BCUT2D eigenvalue weighted by Crippen LogP contribution is 2.29. The molecule has 0 radical (unpaired) electrons. The zero-order chi connectivity index (χ0) is 12.0. The third kappa shape index (κ3) is 3.60.